The van der Waals surface area contributed by atoms with Gasteiger partial charge in [-0.05, 0) is 24.3 Å². The van der Waals surface area contributed by atoms with Crippen LogP contribution in [0, 0.1) is 0 Å². The van der Waals surface area contributed by atoms with E-state index < -0.39 is 47.8 Å². The van der Waals surface area contributed by atoms with Gasteiger partial charge < -0.3 is 19.7 Å². The van der Waals surface area contributed by atoms with Crippen LogP contribution >= 0.6 is 0 Å². The predicted molar refractivity (Wildman–Crippen MR) is 120 cm³/mol. The molecule has 178 valence electrons. The van der Waals surface area contributed by atoms with Gasteiger partial charge in [-0.15, -0.1) is 0 Å². The van der Waals surface area contributed by atoms with Crippen molar-refractivity contribution >= 4 is 29.6 Å². The van der Waals surface area contributed by atoms with E-state index in [1.807, 2.05) is 0 Å². The Morgan fingerprint density at radius 1 is 1.15 bits per heavy atom. The maximum absolute atomic E-state index is 12.8. The van der Waals surface area contributed by atoms with Crippen molar-refractivity contribution in [2.45, 2.75) is 38.6 Å². The van der Waals surface area contributed by atoms with E-state index in [9.17, 15) is 24.0 Å². The monoisotopic (exact) mass is 468 g/mol. The number of hydrogen-bond donors (Lipinski definition) is 1. The number of amides is 2. The molecule has 0 aliphatic carbocycles. The van der Waals surface area contributed by atoms with Crippen LogP contribution in [0.15, 0.2) is 60.0 Å². The Labute approximate surface area is 195 Å². The minimum atomic E-state index is -0.894. The average Bonchev–Trinajstić information content (AvgIpc) is 3.14. The fourth-order valence-electron chi connectivity index (χ4n) is 3.76. The molecule has 1 N–H and O–H groups in total. The molecule has 3 rings (SSSR count). The molecule has 2 aromatic rings. The summed E-state index contributed by atoms with van der Waals surface area (Å²) in [5.41, 5.74) is -0.350. The lowest BCUT2D eigenvalue weighted by Crippen LogP contribution is -2.46. The average molecular weight is 468 g/mol. The first kappa shape index (κ1) is 24.4. The highest BCUT2D eigenvalue weighted by Gasteiger charge is 2.46. The molecule has 1 aromatic carbocycles. The molecule has 0 saturated carbocycles. The number of hydrogen-bond acceptors (Lipinski definition) is 8. The lowest BCUT2D eigenvalue weighted by atomic mass is 10.1. The highest BCUT2D eigenvalue weighted by atomic mass is 16.6. The zero-order valence-electron chi connectivity index (χ0n) is 18.7. The number of carbonyl (C=O) groups excluding carboxylic acids is 4. The molecule has 11 heteroatoms. The topological polar surface area (TPSA) is 137 Å². The summed E-state index contributed by atoms with van der Waals surface area (Å²) in [4.78, 5) is 66.1. The lowest BCUT2D eigenvalue weighted by molar-refractivity contribution is -0.153. The van der Waals surface area contributed by atoms with Gasteiger partial charge in [0.15, 0.2) is 0 Å². The first-order valence-corrected chi connectivity index (χ1v) is 10.4. The first-order chi connectivity index (χ1) is 16.2. The summed E-state index contributed by atoms with van der Waals surface area (Å²) in [7, 11) is 0. The van der Waals surface area contributed by atoms with Crippen molar-refractivity contribution in [2.24, 2.45) is 0 Å². The van der Waals surface area contributed by atoms with Crippen LogP contribution in [0.2, 0.25) is 0 Å². The van der Waals surface area contributed by atoms with E-state index in [1.165, 1.54) is 35.6 Å². The Balaban J connectivity index is 1.90. The largest absolute Gasteiger partial charge is 0.464 e. The molecule has 1 aromatic heterocycles. The zero-order chi connectivity index (χ0) is 24.8. The van der Waals surface area contributed by atoms with Gasteiger partial charge in [-0.1, -0.05) is 24.8 Å². The molecule has 0 radical (unpaired) electrons. The quantitative estimate of drug-likeness (QED) is 0.474. The van der Waals surface area contributed by atoms with E-state index in [0.29, 0.717) is 5.56 Å². The highest BCUT2D eigenvalue weighted by Crippen LogP contribution is 2.34. The fraction of sp³-hybridized carbons (Fsp3) is 0.304. The summed E-state index contributed by atoms with van der Waals surface area (Å²) in [6, 6.07) is 8.99. The summed E-state index contributed by atoms with van der Waals surface area (Å²) in [5, 5.41) is 2.55. The number of carbonyl (C=O) groups is 4. The molecule has 1 saturated heterocycles. The smallest absolute Gasteiger partial charge is 0.351 e. The number of rotatable bonds is 7. The third-order valence-electron chi connectivity index (χ3n) is 5.18. The van der Waals surface area contributed by atoms with Gasteiger partial charge in [-0.3, -0.25) is 23.7 Å². The Hall–Kier alpha value is -4.28. The molecule has 11 nitrogen and oxygen atoms in total. The normalized spacial score (nSPS) is 19.2. The van der Waals surface area contributed by atoms with Crippen molar-refractivity contribution in [3.05, 3.63) is 71.3 Å². The highest BCUT2D eigenvalue weighted by molar-refractivity contribution is 6.03. The molecule has 0 unspecified atom stereocenters. The second-order valence-corrected chi connectivity index (χ2v) is 7.51. The molecule has 2 amide bonds. The van der Waals surface area contributed by atoms with Gasteiger partial charge in [0.2, 0.25) is 5.91 Å². The van der Waals surface area contributed by atoms with Crippen LogP contribution in [0.25, 0.3) is 0 Å². The summed E-state index contributed by atoms with van der Waals surface area (Å²) >= 11 is 0. The maximum atomic E-state index is 12.8. The van der Waals surface area contributed by atoms with E-state index >= 15 is 0 Å². The third-order valence-corrected chi connectivity index (χ3v) is 5.18. The number of nitrogens with one attached hydrogen (secondary N) is 1. The SMILES string of the molecule is C=CC(=O)N1[C@H](COC(C)=O)[C@@H](OC(C)=O)C[C@@H]1n1ccc(NC(=O)c2ccccc2)nc1=O. The fourth-order valence-corrected chi connectivity index (χ4v) is 3.76. The van der Waals surface area contributed by atoms with Crippen molar-refractivity contribution in [1.29, 1.82) is 0 Å². The van der Waals surface area contributed by atoms with Gasteiger partial charge in [-0.2, -0.15) is 4.98 Å². The zero-order valence-corrected chi connectivity index (χ0v) is 18.7. The van der Waals surface area contributed by atoms with E-state index in [-0.39, 0.29) is 18.8 Å². The van der Waals surface area contributed by atoms with Crippen LogP contribution in [-0.4, -0.2) is 57.0 Å². The van der Waals surface area contributed by atoms with E-state index in [0.717, 1.165) is 6.08 Å². The Morgan fingerprint density at radius 3 is 2.44 bits per heavy atom. The second-order valence-electron chi connectivity index (χ2n) is 7.51. The molecule has 2 heterocycles. The van der Waals surface area contributed by atoms with Crippen LogP contribution < -0.4 is 11.0 Å². The minimum absolute atomic E-state index is 0.0303. The van der Waals surface area contributed by atoms with E-state index in [2.05, 4.69) is 16.9 Å². The second kappa shape index (κ2) is 10.6. The molecule has 0 spiro atoms. The standard InChI is InChI=1S/C23H24N4O7/c1-4-21(30)27-17(13-33-14(2)28)18(34-15(3)29)12-20(27)26-11-10-19(25-23(26)32)24-22(31)16-8-6-5-7-9-16/h4-11,17-18,20H,1,12-13H2,2-3H3,(H,24,25,31,32)/t17-,18+,20-/m1/s1. The lowest BCUT2D eigenvalue weighted by Gasteiger charge is -2.30. The van der Waals surface area contributed by atoms with Gasteiger partial charge in [0.25, 0.3) is 5.91 Å². The molecule has 3 atom stereocenters. The Morgan fingerprint density at radius 2 is 1.85 bits per heavy atom. The van der Waals surface area contributed by atoms with Crippen LogP contribution in [0.1, 0.15) is 36.8 Å². The van der Waals surface area contributed by atoms with Gasteiger partial charge in [0.1, 0.15) is 30.7 Å². The van der Waals surface area contributed by atoms with Crippen LogP contribution in [-0.2, 0) is 23.9 Å². The number of benzene rings is 1. The number of ether oxygens (including phenoxy) is 2. The third kappa shape index (κ3) is 5.55. The van der Waals surface area contributed by atoms with Gasteiger partial charge in [-0.25, -0.2) is 4.79 Å². The van der Waals surface area contributed by atoms with Crippen molar-refractivity contribution in [3.8, 4) is 0 Å². The summed E-state index contributed by atoms with van der Waals surface area (Å²) in [6.45, 7) is 5.68. The Kier molecular flexibility index (Phi) is 7.57. The van der Waals surface area contributed by atoms with Gasteiger partial charge in [0, 0.05) is 32.0 Å². The minimum Gasteiger partial charge on any atom is -0.464 e. The number of nitrogens with zero attached hydrogens (tertiary/aromatic N) is 3. The van der Waals surface area contributed by atoms with Gasteiger partial charge >= 0.3 is 17.6 Å². The van der Waals surface area contributed by atoms with Crippen molar-refractivity contribution in [1.82, 2.24) is 14.5 Å². The molecule has 34 heavy (non-hydrogen) atoms. The van der Waals surface area contributed by atoms with E-state index in [1.54, 1.807) is 30.3 Å². The van der Waals surface area contributed by atoms with E-state index in [4.69, 9.17) is 9.47 Å². The van der Waals surface area contributed by atoms with Crippen LogP contribution in [0.3, 0.4) is 0 Å². The van der Waals surface area contributed by atoms with Crippen molar-refractivity contribution < 1.29 is 28.7 Å². The number of likely N-dealkylation sites (tertiary alicyclic amines) is 1. The summed E-state index contributed by atoms with van der Waals surface area (Å²) in [5.74, 6) is -2.12. The Bertz CT molecular complexity index is 1160. The van der Waals surface area contributed by atoms with Crippen molar-refractivity contribution in [3.63, 3.8) is 0 Å². The first-order valence-electron chi connectivity index (χ1n) is 10.4. The summed E-state index contributed by atoms with van der Waals surface area (Å²) < 4.78 is 11.6. The van der Waals surface area contributed by atoms with Crippen LogP contribution in [0.5, 0.6) is 0 Å². The maximum Gasteiger partial charge on any atom is 0.351 e. The van der Waals surface area contributed by atoms with Crippen LogP contribution in [0.4, 0.5) is 5.82 Å². The number of esters is 2. The predicted octanol–water partition coefficient (Wildman–Crippen LogP) is 1.28. The number of anilines is 1. The molecule has 1 aliphatic rings. The van der Waals surface area contributed by atoms with Crippen molar-refractivity contribution in [2.75, 3.05) is 11.9 Å². The van der Waals surface area contributed by atoms with Gasteiger partial charge in [0.05, 0.1) is 0 Å². The molecule has 1 aliphatic heterocycles. The number of aromatic nitrogens is 2. The molecule has 0 bridgehead atoms. The molecule has 1 fully saturated rings. The summed E-state index contributed by atoms with van der Waals surface area (Å²) in [6.07, 6.45) is 0.756. The molecular weight excluding hydrogens is 444 g/mol. The molecular formula is C23H24N4O7.